The van der Waals surface area contributed by atoms with E-state index in [2.05, 4.69) is 30.9 Å². The molecule has 0 spiro atoms. The first kappa shape index (κ1) is 29.6. The number of epoxide rings is 1. The molecule has 3 heterocycles. The molecule has 0 amide bonds. The van der Waals surface area contributed by atoms with E-state index in [9.17, 15) is 9.59 Å². The Morgan fingerprint density at radius 1 is 0.973 bits per heavy atom. The molecule has 2 unspecified atom stereocenters. The van der Waals surface area contributed by atoms with Crippen molar-refractivity contribution >= 4 is 11.2 Å². The summed E-state index contributed by atoms with van der Waals surface area (Å²) >= 11 is 0. The number of nitrogens with zero attached hydrogens (tertiary/aromatic N) is 5. The molecule has 0 bridgehead atoms. The first-order chi connectivity index (χ1) is 17.9. The van der Waals surface area contributed by atoms with E-state index in [0.29, 0.717) is 36.4 Å². The molecule has 0 aromatic carbocycles. The number of ether oxygens (including phenoxy) is 1. The van der Waals surface area contributed by atoms with Crippen molar-refractivity contribution in [3.8, 4) is 0 Å². The summed E-state index contributed by atoms with van der Waals surface area (Å²) in [5.74, 6) is 0. The van der Waals surface area contributed by atoms with Gasteiger partial charge < -0.3 is 14.2 Å². The van der Waals surface area contributed by atoms with Crippen LogP contribution in [0.15, 0.2) is 15.9 Å². The lowest BCUT2D eigenvalue weighted by Gasteiger charge is -2.24. The fourth-order valence-corrected chi connectivity index (χ4v) is 5.30. The Balaban J connectivity index is 1.43. The molecule has 8 heteroatoms. The van der Waals surface area contributed by atoms with Gasteiger partial charge >= 0.3 is 5.69 Å². The number of imidazole rings is 1. The molecule has 2 aromatic rings. The number of hydrogen-bond acceptors (Lipinski definition) is 5. The molecule has 2 atom stereocenters. The minimum absolute atomic E-state index is 0.201. The smallest absolute Gasteiger partial charge is 0.332 e. The van der Waals surface area contributed by atoms with Gasteiger partial charge in [0.1, 0.15) is 0 Å². The summed E-state index contributed by atoms with van der Waals surface area (Å²) in [4.78, 5) is 33.0. The van der Waals surface area contributed by atoms with Gasteiger partial charge in [0.25, 0.3) is 5.56 Å². The van der Waals surface area contributed by atoms with E-state index in [1.54, 1.807) is 13.4 Å². The highest BCUT2D eigenvalue weighted by molar-refractivity contribution is 5.69. The van der Waals surface area contributed by atoms with E-state index in [-0.39, 0.29) is 11.2 Å². The molecule has 3 rings (SSSR count). The lowest BCUT2D eigenvalue weighted by Crippen LogP contribution is -2.40. The van der Waals surface area contributed by atoms with Gasteiger partial charge in [0.15, 0.2) is 11.2 Å². The van der Waals surface area contributed by atoms with Crippen LogP contribution in [-0.4, -0.2) is 56.4 Å². The van der Waals surface area contributed by atoms with E-state index < -0.39 is 0 Å². The third kappa shape index (κ3) is 9.10. The Kier molecular flexibility index (Phi) is 12.4. The second kappa shape index (κ2) is 15.5. The zero-order chi connectivity index (χ0) is 26.6. The summed E-state index contributed by atoms with van der Waals surface area (Å²) in [5, 5.41) is 0. The first-order valence-electron chi connectivity index (χ1n) is 14.9. The van der Waals surface area contributed by atoms with Crippen molar-refractivity contribution in [1.29, 1.82) is 0 Å². The number of aromatic nitrogens is 4. The highest BCUT2D eigenvalue weighted by atomic mass is 16.6. The van der Waals surface area contributed by atoms with Crippen molar-refractivity contribution in [3.63, 3.8) is 0 Å². The summed E-state index contributed by atoms with van der Waals surface area (Å²) in [7, 11) is 5.89. The van der Waals surface area contributed by atoms with Gasteiger partial charge in [0.05, 0.1) is 19.0 Å². The molecule has 37 heavy (non-hydrogen) atoms. The first-order valence-corrected chi connectivity index (χ1v) is 14.9. The number of likely N-dealkylation sites (N-methyl/N-ethyl adjacent to an activating group) is 1. The Bertz CT molecular complexity index is 1050. The fraction of sp³-hybridized carbons (Fsp3) is 0.828. The Labute approximate surface area is 223 Å². The summed E-state index contributed by atoms with van der Waals surface area (Å²) in [5.41, 5.74) is 0.568. The van der Waals surface area contributed by atoms with Crippen molar-refractivity contribution in [3.05, 3.63) is 27.2 Å². The zero-order valence-corrected chi connectivity index (χ0v) is 23.9. The van der Waals surface area contributed by atoms with Gasteiger partial charge in [-0.3, -0.25) is 13.9 Å². The van der Waals surface area contributed by atoms with Crippen LogP contribution >= 0.6 is 0 Å². The van der Waals surface area contributed by atoms with Gasteiger partial charge in [-0.05, 0) is 33.4 Å². The number of aryl methyl sites for hydroxylation is 1. The molecule has 1 aliphatic heterocycles. The molecule has 1 saturated heterocycles. The Morgan fingerprint density at radius 2 is 1.57 bits per heavy atom. The predicted octanol–water partition coefficient (Wildman–Crippen LogP) is 5.10. The number of unbranched alkanes of at least 4 members (excludes halogenated alkanes) is 11. The molecule has 0 radical (unpaired) electrons. The molecule has 1 fully saturated rings. The minimum Gasteiger partial charge on any atom is -0.373 e. The lowest BCUT2D eigenvalue weighted by atomic mass is 10.0. The highest BCUT2D eigenvalue weighted by Crippen LogP contribution is 2.18. The van der Waals surface area contributed by atoms with Crippen LogP contribution in [-0.2, 0) is 24.9 Å². The van der Waals surface area contributed by atoms with E-state index in [1.165, 1.54) is 73.3 Å². The van der Waals surface area contributed by atoms with Gasteiger partial charge in [-0.25, -0.2) is 9.78 Å². The standard InChI is InChI=1S/C29H51N5O3/c1-5-6-18-24(31(2)3)21-33-23-30-27-26(33)28(35)34(29(36)32(27)4)20-17-15-13-11-9-7-8-10-12-14-16-19-25-22-37-25/h23-25H,5-22H2,1-4H3. The molecule has 0 saturated carbocycles. The maximum absolute atomic E-state index is 13.4. The minimum atomic E-state index is -0.262. The second-order valence-corrected chi connectivity index (χ2v) is 11.3. The van der Waals surface area contributed by atoms with Gasteiger partial charge in [0.2, 0.25) is 0 Å². The van der Waals surface area contributed by atoms with Crippen LogP contribution in [0.25, 0.3) is 11.2 Å². The summed E-state index contributed by atoms with van der Waals surface area (Å²) in [6.07, 6.45) is 20.6. The molecule has 0 aliphatic carbocycles. The fourth-order valence-electron chi connectivity index (χ4n) is 5.30. The molecular formula is C29H51N5O3. The quantitative estimate of drug-likeness (QED) is 0.180. The summed E-state index contributed by atoms with van der Waals surface area (Å²) < 4.78 is 10.2. The van der Waals surface area contributed by atoms with Crippen LogP contribution in [0.1, 0.15) is 103 Å². The van der Waals surface area contributed by atoms with Gasteiger partial charge in [0, 0.05) is 26.2 Å². The number of hydrogen-bond donors (Lipinski definition) is 0. The van der Waals surface area contributed by atoms with E-state index >= 15 is 0 Å². The van der Waals surface area contributed by atoms with E-state index in [4.69, 9.17) is 4.74 Å². The molecule has 210 valence electrons. The summed E-state index contributed by atoms with van der Waals surface area (Å²) in [6.45, 7) is 4.37. The second-order valence-electron chi connectivity index (χ2n) is 11.3. The molecule has 0 N–H and O–H groups in total. The Hall–Kier alpha value is -1.93. The van der Waals surface area contributed by atoms with Gasteiger partial charge in [-0.1, -0.05) is 84.0 Å². The van der Waals surface area contributed by atoms with Gasteiger partial charge in [-0.2, -0.15) is 0 Å². The maximum Gasteiger partial charge on any atom is 0.332 e. The Morgan fingerprint density at radius 3 is 2.14 bits per heavy atom. The summed E-state index contributed by atoms with van der Waals surface area (Å²) in [6, 6.07) is 0.324. The van der Waals surface area contributed by atoms with Crippen molar-refractivity contribution in [2.75, 3.05) is 20.7 Å². The van der Waals surface area contributed by atoms with Crippen LogP contribution in [0.4, 0.5) is 0 Å². The molecule has 1 aliphatic rings. The predicted molar refractivity (Wildman–Crippen MR) is 151 cm³/mol. The highest BCUT2D eigenvalue weighted by Gasteiger charge is 2.21. The molecular weight excluding hydrogens is 466 g/mol. The van der Waals surface area contributed by atoms with Crippen LogP contribution < -0.4 is 11.2 Å². The van der Waals surface area contributed by atoms with Crippen LogP contribution in [0.5, 0.6) is 0 Å². The van der Waals surface area contributed by atoms with Crippen molar-refractivity contribution in [2.24, 2.45) is 7.05 Å². The zero-order valence-electron chi connectivity index (χ0n) is 23.9. The van der Waals surface area contributed by atoms with Crippen molar-refractivity contribution in [2.45, 2.75) is 128 Å². The third-order valence-corrected chi connectivity index (χ3v) is 7.94. The average Bonchev–Trinajstić information content (AvgIpc) is 3.61. The number of rotatable bonds is 20. The molecule has 8 nitrogen and oxygen atoms in total. The largest absolute Gasteiger partial charge is 0.373 e. The maximum atomic E-state index is 13.4. The topological polar surface area (TPSA) is 77.6 Å². The van der Waals surface area contributed by atoms with Gasteiger partial charge in [-0.15, -0.1) is 0 Å². The number of fused-ring (bicyclic) bond motifs is 1. The normalized spacial score (nSPS) is 16.2. The van der Waals surface area contributed by atoms with Crippen LogP contribution in [0.3, 0.4) is 0 Å². The molecule has 2 aromatic heterocycles. The van der Waals surface area contributed by atoms with Crippen molar-refractivity contribution in [1.82, 2.24) is 23.6 Å². The van der Waals surface area contributed by atoms with Crippen LogP contribution in [0, 0.1) is 0 Å². The van der Waals surface area contributed by atoms with E-state index in [0.717, 1.165) is 38.7 Å². The van der Waals surface area contributed by atoms with Crippen molar-refractivity contribution < 1.29 is 4.74 Å². The van der Waals surface area contributed by atoms with E-state index in [1.807, 2.05) is 4.57 Å². The van der Waals surface area contributed by atoms with Crippen LogP contribution in [0.2, 0.25) is 0 Å². The average molecular weight is 518 g/mol. The monoisotopic (exact) mass is 517 g/mol. The lowest BCUT2D eigenvalue weighted by molar-refractivity contribution is 0.247. The third-order valence-electron chi connectivity index (χ3n) is 7.94. The SMILES string of the molecule is CCCCC(Cn1cnc2c1c(=O)n(CCCCCCCCCCCCCC1CO1)c(=O)n2C)N(C)C.